The standard InChI is InChI=1S/C14H19N3O/c1-11-5-7-16(13(11)10-18)8-12-9-17-6-3-2-4-14(17)15-12/h2-4,6,9,11,13,18H,5,7-8,10H2,1H3. The maximum atomic E-state index is 9.46. The average molecular weight is 245 g/mol. The Kier molecular flexibility index (Phi) is 3.06. The van der Waals surface area contributed by atoms with Crippen LogP contribution >= 0.6 is 0 Å². The first-order valence-electron chi connectivity index (χ1n) is 6.55. The lowest BCUT2D eigenvalue weighted by atomic mass is 10.0. The molecule has 2 aromatic rings. The summed E-state index contributed by atoms with van der Waals surface area (Å²) in [5.41, 5.74) is 2.06. The van der Waals surface area contributed by atoms with Gasteiger partial charge in [-0.3, -0.25) is 4.90 Å². The molecule has 0 aliphatic carbocycles. The molecule has 0 aromatic carbocycles. The fraction of sp³-hybridized carbons (Fsp3) is 0.500. The summed E-state index contributed by atoms with van der Waals surface area (Å²) < 4.78 is 2.04. The van der Waals surface area contributed by atoms with Crippen LogP contribution in [0.3, 0.4) is 0 Å². The van der Waals surface area contributed by atoms with Crippen LogP contribution in [0.25, 0.3) is 5.65 Å². The number of imidazole rings is 1. The van der Waals surface area contributed by atoms with Crippen molar-refractivity contribution in [1.82, 2.24) is 14.3 Å². The normalized spacial score (nSPS) is 25.0. The molecule has 2 unspecified atom stereocenters. The molecule has 4 nitrogen and oxygen atoms in total. The van der Waals surface area contributed by atoms with Gasteiger partial charge in [0, 0.05) is 25.0 Å². The number of rotatable bonds is 3. The fourth-order valence-electron chi connectivity index (χ4n) is 2.85. The predicted octanol–water partition coefficient (Wildman–Crippen LogP) is 1.54. The summed E-state index contributed by atoms with van der Waals surface area (Å²) in [4.78, 5) is 6.95. The van der Waals surface area contributed by atoms with Crippen molar-refractivity contribution in [3.05, 3.63) is 36.3 Å². The molecule has 0 bridgehead atoms. The molecule has 3 heterocycles. The highest BCUT2D eigenvalue weighted by Crippen LogP contribution is 2.25. The topological polar surface area (TPSA) is 40.8 Å². The van der Waals surface area contributed by atoms with E-state index < -0.39 is 0 Å². The van der Waals surface area contributed by atoms with Crippen molar-refractivity contribution < 1.29 is 5.11 Å². The number of hydrogen-bond donors (Lipinski definition) is 1. The Morgan fingerprint density at radius 2 is 2.33 bits per heavy atom. The van der Waals surface area contributed by atoms with Gasteiger partial charge in [0.1, 0.15) is 5.65 Å². The van der Waals surface area contributed by atoms with Gasteiger partial charge in [-0.15, -0.1) is 0 Å². The minimum Gasteiger partial charge on any atom is -0.395 e. The summed E-state index contributed by atoms with van der Waals surface area (Å²) in [5.74, 6) is 0.576. The van der Waals surface area contributed by atoms with Gasteiger partial charge in [0.05, 0.1) is 12.3 Å². The number of hydrogen-bond acceptors (Lipinski definition) is 3. The Balaban J connectivity index is 1.80. The van der Waals surface area contributed by atoms with Gasteiger partial charge in [0.15, 0.2) is 0 Å². The van der Waals surface area contributed by atoms with E-state index in [4.69, 9.17) is 0 Å². The predicted molar refractivity (Wildman–Crippen MR) is 70.3 cm³/mol. The second-order valence-corrected chi connectivity index (χ2v) is 5.18. The minimum absolute atomic E-state index is 0.245. The van der Waals surface area contributed by atoms with E-state index in [9.17, 15) is 5.11 Å². The van der Waals surface area contributed by atoms with Crippen LogP contribution in [0, 0.1) is 5.92 Å². The Labute approximate surface area is 107 Å². The van der Waals surface area contributed by atoms with Gasteiger partial charge in [0.2, 0.25) is 0 Å². The largest absolute Gasteiger partial charge is 0.395 e. The molecule has 1 saturated heterocycles. The highest BCUT2D eigenvalue weighted by molar-refractivity contribution is 5.39. The molecule has 1 aliphatic rings. The summed E-state index contributed by atoms with van der Waals surface area (Å²) >= 11 is 0. The SMILES string of the molecule is CC1CCN(Cc2cn3ccccc3n2)C1CO. The van der Waals surface area contributed by atoms with Crippen LogP contribution in [0.5, 0.6) is 0 Å². The number of pyridine rings is 1. The summed E-state index contributed by atoms with van der Waals surface area (Å²) in [7, 11) is 0. The first-order valence-corrected chi connectivity index (χ1v) is 6.55. The lowest BCUT2D eigenvalue weighted by molar-refractivity contribution is 0.133. The molecule has 18 heavy (non-hydrogen) atoms. The smallest absolute Gasteiger partial charge is 0.137 e. The second kappa shape index (κ2) is 4.71. The molecule has 1 N–H and O–H groups in total. The average Bonchev–Trinajstić information content (AvgIpc) is 2.93. The molecular weight excluding hydrogens is 226 g/mol. The number of aromatic nitrogens is 2. The van der Waals surface area contributed by atoms with Crippen molar-refractivity contribution in [2.75, 3.05) is 13.2 Å². The number of fused-ring (bicyclic) bond motifs is 1. The van der Waals surface area contributed by atoms with Crippen LogP contribution in [0.4, 0.5) is 0 Å². The Hall–Kier alpha value is -1.39. The molecule has 4 heteroatoms. The number of aliphatic hydroxyl groups excluding tert-OH is 1. The first-order chi connectivity index (χ1) is 8.78. The molecule has 2 aromatic heterocycles. The van der Waals surface area contributed by atoms with E-state index in [2.05, 4.69) is 23.0 Å². The van der Waals surface area contributed by atoms with Gasteiger partial charge in [-0.1, -0.05) is 13.0 Å². The molecule has 0 saturated carbocycles. The third-order valence-corrected chi connectivity index (χ3v) is 3.96. The lowest BCUT2D eigenvalue weighted by Crippen LogP contribution is -2.34. The van der Waals surface area contributed by atoms with E-state index in [1.807, 2.05) is 28.8 Å². The maximum absolute atomic E-state index is 9.46. The molecule has 1 fully saturated rings. The van der Waals surface area contributed by atoms with E-state index in [0.717, 1.165) is 24.4 Å². The highest BCUT2D eigenvalue weighted by Gasteiger charge is 2.30. The molecule has 0 radical (unpaired) electrons. The van der Waals surface area contributed by atoms with Crippen LogP contribution in [0.2, 0.25) is 0 Å². The number of likely N-dealkylation sites (tertiary alicyclic amines) is 1. The summed E-state index contributed by atoms with van der Waals surface area (Å²) in [5, 5.41) is 9.46. The van der Waals surface area contributed by atoms with Gasteiger partial charge in [0.25, 0.3) is 0 Å². The Morgan fingerprint density at radius 3 is 3.11 bits per heavy atom. The van der Waals surface area contributed by atoms with Crippen LogP contribution in [-0.4, -0.2) is 38.6 Å². The molecular formula is C14H19N3O. The van der Waals surface area contributed by atoms with Crippen LogP contribution in [0.15, 0.2) is 30.6 Å². The van der Waals surface area contributed by atoms with Crippen molar-refractivity contribution in [3.8, 4) is 0 Å². The van der Waals surface area contributed by atoms with Gasteiger partial charge < -0.3 is 9.51 Å². The second-order valence-electron chi connectivity index (χ2n) is 5.18. The molecule has 3 rings (SSSR count). The van der Waals surface area contributed by atoms with Crippen molar-refractivity contribution in [2.45, 2.75) is 25.9 Å². The van der Waals surface area contributed by atoms with E-state index >= 15 is 0 Å². The Bertz CT molecular complexity index is 504. The van der Waals surface area contributed by atoms with E-state index in [1.165, 1.54) is 6.42 Å². The van der Waals surface area contributed by atoms with Crippen LogP contribution < -0.4 is 0 Å². The zero-order chi connectivity index (χ0) is 12.5. The van der Waals surface area contributed by atoms with E-state index in [-0.39, 0.29) is 12.6 Å². The monoisotopic (exact) mass is 245 g/mol. The molecule has 0 amide bonds. The molecule has 2 atom stereocenters. The highest BCUT2D eigenvalue weighted by atomic mass is 16.3. The number of nitrogens with zero attached hydrogens (tertiary/aromatic N) is 3. The van der Waals surface area contributed by atoms with Gasteiger partial charge in [-0.05, 0) is 31.0 Å². The zero-order valence-electron chi connectivity index (χ0n) is 10.7. The third-order valence-electron chi connectivity index (χ3n) is 3.96. The molecule has 0 spiro atoms. The van der Waals surface area contributed by atoms with Crippen LogP contribution in [-0.2, 0) is 6.54 Å². The summed E-state index contributed by atoms with van der Waals surface area (Å²) in [6, 6.07) is 6.31. The van der Waals surface area contributed by atoms with Crippen molar-refractivity contribution >= 4 is 5.65 Å². The van der Waals surface area contributed by atoms with Crippen molar-refractivity contribution in [1.29, 1.82) is 0 Å². The van der Waals surface area contributed by atoms with Crippen molar-refractivity contribution in [3.63, 3.8) is 0 Å². The molecule has 96 valence electrons. The van der Waals surface area contributed by atoms with Gasteiger partial charge in [-0.2, -0.15) is 0 Å². The van der Waals surface area contributed by atoms with Gasteiger partial charge in [-0.25, -0.2) is 4.98 Å². The van der Waals surface area contributed by atoms with E-state index in [1.54, 1.807) is 0 Å². The van der Waals surface area contributed by atoms with Crippen LogP contribution in [0.1, 0.15) is 19.0 Å². The zero-order valence-corrected chi connectivity index (χ0v) is 10.7. The first kappa shape index (κ1) is 11.7. The van der Waals surface area contributed by atoms with E-state index in [0.29, 0.717) is 5.92 Å². The lowest BCUT2D eigenvalue weighted by Gasteiger charge is -2.23. The van der Waals surface area contributed by atoms with Crippen molar-refractivity contribution in [2.24, 2.45) is 5.92 Å². The summed E-state index contributed by atoms with van der Waals surface area (Å²) in [6.45, 7) is 4.34. The quantitative estimate of drug-likeness (QED) is 0.891. The Morgan fingerprint density at radius 1 is 1.44 bits per heavy atom. The summed E-state index contributed by atoms with van der Waals surface area (Å²) in [6.07, 6.45) is 5.26. The third kappa shape index (κ3) is 2.02. The van der Waals surface area contributed by atoms with Gasteiger partial charge >= 0.3 is 0 Å². The fourth-order valence-corrected chi connectivity index (χ4v) is 2.85. The minimum atomic E-state index is 0.245. The molecule has 1 aliphatic heterocycles. The maximum Gasteiger partial charge on any atom is 0.137 e. The number of aliphatic hydroxyl groups is 1.